The fraction of sp³-hybridized carbons (Fsp3) is 0.478. The van der Waals surface area contributed by atoms with Crippen molar-refractivity contribution in [2.24, 2.45) is 11.8 Å². The van der Waals surface area contributed by atoms with Crippen LogP contribution in [0.4, 0.5) is 0 Å². The van der Waals surface area contributed by atoms with Crippen LogP contribution in [0.2, 0.25) is 0 Å². The molecule has 2 aromatic rings. The Kier molecular flexibility index (Phi) is 5.66. The zero-order chi connectivity index (χ0) is 21.4. The maximum absolute atomic E-state index is 13.5. The monoisotopic (exact) mass is 412 g/mol. The van der Waals surface area contributed by atoms with E-state index in [9.17, 15) is 14.7 Å². The van der Waals surface area contributed by atoms with E-state index in [1.165, 1.54) is 7.11 Å². The van der Waals surface area contributed by atoms with Gasteiger partial charge in [0, 0.05) is 36.4 Å². The first kappa shape index (κ1) is 20.6. The van der Waals surface area contributed by atoms with E-state index < -0.39 is 5.92 Å². The minimum atomic E-state index is -0.493. The second kappa shape index (κ2) is 8.24. The van der Waals surface area contributed by atoms with Crippen LogP contribution in [0.15, 0.2) is 41.2 Å². The molecule has 0 unspecified atom stereocenters. The summed E-state index contributed by atoms with van der Waals surface area (Å²) in [6.45, 7) is 3.22. The standard InChI is InChI=1S/C23H28N2O5/c1-4-10-24-19-12-25-18(21(24)20(17(19)13-26)23(28)30-3)9-8-16(22(25)27)14-6-5-7-15(11-14)29-2/h5-9,11,17,19-21,26H,4,10,12-13H2,1-3H3/t17-,19-,20+,21+/m1/s1. The van der Waals surface area contributed by atoms with Gasteiger partial charge in [0.25, 0.3) is 5.56 Å². The number of hydrogen-bond acceptors (Lipinski definition) is 6. The van der Waals surface area contributed by atoms with Crippen LogP contribution < -0.4 is 10.3 Å². The van der Waals surface area contributed by atoms with Crippen LogP contribution in [0.3, 0.4) is 0 Å². The van der Waals surface area contributed by atoms with Crippen molar-refractivity contribution in [1.29, 1.82) is 0 Å². The highest BCUT2D eigenvalue weighted by Crippen LogP contribution is 2.48. The molecule has 1 aromatic heterocycles. The number of rotatable bonds is 6. The van der Waals surface area contributed by atoms with E-state index in [1.807, 2.05) is 36.4 Å². The van der Waals surface area contributed by atoms with Gasteiger partial charge in [-0.1, -0.05) is 19.1 Å². The number of ether oxygens (including phenoxy) is 2. The summed E-state index contributed by atoms with van der Waals surface area (Å²) in [5, 5.41) is 10.1. The molecule has 0 aliphatic carbocycles. The minimum absolute atomic E-state index is 0.0881. The molecule has 4 rings (SSSR count). The average Bonchev–Trinajstić information content (AvgIpc) is 2.98. The first-order valence-corrected chi connectivity index (χ1v) is 10.4. The molecule has 0 radical (unpaired) electrons. The van der Waals surface area contributed by atoms with E-state index in [4.69, 9.17) is 9.47 Å². The second-order valence-corrected chi connectivity index (χ2v) is 7.96. The lowest BCUT2D eigenvalue weighted by atomic mass is 9.87. The number of nitrogens with zero attached hydrogens (tertiary/aromatic N) is 2. The van der Waals surface area contributed by atoms with E-state index in [0.29, 0.717) is 17.9 Å². The quantitative estimate of drug-likeness (QED) is 0.732. The number of aliphatic hydroxyl groups excluding tert-OH is 1. The summed E-state index contributed by atoms with van der Waals surface area (Å²) < 4.78 is 12.2. The Bertz CT molecular complexity index is 1000. The van der Waals surface area contributed by atoms with E-state index in [2.05, 4.69) is 11.8 Å². The number of esters is 1. The molecule has 4 atom stereocenters. The highest BCUT2D eigenvalue weighted by atomic mass is 16.5. The molecule has 160 valence electrons. The topological polar surface area (TPSA) is 81.0 Å². The highest BCUT2D eigenvalue weighted by molar-refractivity contribution is 5.75. The Morgan fingerprint density at radius 2 is 2.03 bits per heavy atom. The van der Waals surface area contributed by atoms with Crippen molar-refractivity contribution in [3.05, 3.63) is 52.4 Å². The SMILES string of the molecule is CCCN1[C@@H]2Cn3c(ccc(-c4cccc(OC)c4)c3=O)[C@H]1[C@@H](C(=O)OC)[C@@H]2CO. The summed E-state index contributed by atoms with van der Waals surface area (Å²) in [5.41, 5.74) is 2.11. The molecular weight excluding hydrogens is 384 g/mol. The summed E-state index contributed by atoms with van der Waals surface area (Å²) in [6, 6.07) is 10.8. The molecular formula is C23H28N2O5. The number of hydrogen-bond donors (Lipinski definition) is 1. The van der Waals surface area contributed by atoms with Crippen LogP contribution >= 0.6 is 0 Å². The summed E-state index contributed by atoms with van der Waals surface area (Å²) in [6.07, 6.45) is 0.922. The largest absolute Gasteiger partial charge is 0.497 e. The average molecular weight is 412 g/mol. The Balaban J connectivity index is 1.85. The van der Waals surface area contributed by atoms with Gasteiger partial charge < -0.3 is 19.1 Å². The van der Waals surface area contributed by atoms with Crippen molar-refractivity contribution >= 4 is 5.97 Å². The maximum Gasteiger partial charge on any atom is 0.311 e. The number of fused-ring (bicyclic) bond motifs is 4. The number of carbonyl (C=O) groups excluding carboxylic acids is 1. The second-order valence-electron chi connectivity index (χ2n) is 7.96. The summed E-state index contributed by atoms with van der Waals surface area (Å²) in [5.74, 6) is -0.406. The smallest absolute Gasteiger partial charge is 0.311 e. The molecule has 2 aliphatic heterocycles. The van der Waals surface area contributed by atoms with Crippen LogP contribution in [-0.4, -0.2) is 54.0 Å². The molecule has 3 heterocycles. The Morgan fingerprint density at radius 1 is 1.23 bits per heavy atom. The minimum Gasteiger partial charge on any atom is -0.497 e. The Morgan fingerprint density at radius 3 is 2.70 bits per heavy atom. The fourth-order valence-electron chi connectivity index (χ4n) is 5.20. The molecule has 1 fully saturated rings. The molecule has 2 bridgehead atoms. The molecule has 0 spiro atoms. The van der Waals surface area contributed by atoms with E-state index in [-0.39, 0.29) is 36.1 Å². The van der Waals surface area contributed by atoms with Crippen LogP contribution in [0.5, 0.6) is 5.75 Å². The summed E-state index contributed by atoms with van der Waals surface area (Å²) in [4.78, 5) is 28.4. The number of aliphatic hydroxyl groups is 1. The lowest BCUT2D eigenvalue weighted by Crippen LogP contribution is -2.46. The Labute approximate surface area is 175 Å². The molecule has 1 N–H and O–H groups in total. The van der Waals surface area contributed by atoms with E-state index in [1.54, 1.807) is 11.7 Å². The van der Waals surface area contributed by atoms with Crippen molar-refractivity contribution in [1.82, 2.24) is 9.47 Å². The first-order chi connectivity index (χ1) is 14.5. The molecule has 30 heavy (non-hydrogen) atoms. The molecule has 7 nitrogen and oxygen atoms in total. The molecule has 2 aliphatic rings. The fourth-order valence-corrected chi connectivity index (χ4v) is 5.20. The van der Waals surface area contributed by atoms with Gasteiger partial charge >= 0.3 is 5.97 Å². The summed E-state index contributed by atoms with van der Waals surface area (Å²) in [7, 11) is 2.98. The van der Waals surface area contributed by atoms with Gasteiger partial charge in [-0.3, -0.25) is 14.5 Å². The predicted molar refractivity (Wildman–Crippen MR) is 112 cm³/mol. The van der Waals surface area contributed by atoms with E-state index in [0.717, 1.165) is 24.2 Å². The number of aromatic nitrogens is 1. The van der Waals surface area contributed by atoms with Gasteiger partial charge in [0.2, 0.25) is 0 Å². The number of methoxy groups -OCH3 is 2. The Hall–Kier alpha value is -2.64. The third-order valence-electron chi connectivity index (χ3n) is 6.51. The number of benzene rings is 1. The molecule has 1 saturated heterocycles. The zero-order valence-electron chi connectivity index (χ0n) is 17.6. The lowest BCUT2D eigenvalue weighted by molar-refractivity contribution is -0.148. The van der Waals surface area contributed by atoms with Crippen molar-refractivity contribution in [3.8, 4) is 16.9 Å². The van der Waals surface area contributed by atoms with Gasteiger partial charge in [-0.05, 0) is 42.8 Å². The number of carbonyl (C=O) groups is 1. The van der Waals surface area contributed by atoms with Gasteiger partial charge in [0.05, 0.1) is 26.2 Å². The van der Waals surface area contributed by atoms with Gasteiger partial charge in [-0.25, -0.2) is 0 Å². The molecule has 1 aromatic carbocycles. The van der Waals surface area contributed by atoms with Gasteiger partial charge in [0.1, 0.15) is 5.75 Å². The summed E-state index contributed by atoms with van der Waals surface area (Å²) >= 11 is 0. The van der Waals surface area contributed by atoms with E-state index >= 15 is 0 Å². The first-order valence-electron chi connectivity index (χ1n) is 10.4. The van der Waals surface area contributed by atoms with Crippen LogP contribution in [0.1, 0.15) is 25.1 Å². The van der Waals surface area contributed by atoms with Crippen LogP contribution in [-0.2, 0) is 16.1 Å². The van der Waals surface area contributed by atoms with Crippen LogP contribution in [0, 0.1) is 11.8 Å². The third kappa shape index (κ3) is 3.13. The number of pyridine rings is 1. The van der Waals surface area contributed by atoms with Crippen molar-refractivity contribution in [3.63, 3.8) is 0 Å². The zero-order valence-corrected chi connectivity index (χ0v) is 17.6. The predicted octanol–water partition coefficient (Wildman–Crippen LogP) is 2.07. The molecule has 7 heteroatoms. The maximum atomic E-state index is 13.5. The third-order valence-corrected chi connectivity index (χ3v) is 6.51. The molecule has 0 saturated carbocycles. The van der Waals surface area contributed by atoms with Crippen molar-refractivity contribution in [2.45, 2.75) is 32.0 Å². The normalized spacial score (nSPS) is 25.1. The van der Waals surface area contributed by atoms with Crippen molar-refractivity contribution in [2.75, 3.05) is 27.4 Å². The van der Waals surface area contributed by atoms with Crippen molar-refractivity contribution < 1.29 is 19.4 Å². The van der Waals surface area contributed by atoms with Crippen LogP contribution in [0.25, 0.3) is 11.1 Å². The molecule has 0 amide bonds. The van der Waals surface area contributed by atoms with Gasteiger partial charge in [0.15, 0.2) is 0 Å². The lowest BCUT2D eigenvalue weighted by Gasteiger charge is -2.38. The van der Waals surface area contributed by atoms with Gasteiger partial charge in [-0.2, -0.15) is 0 Å². The van der Waals surface area contributed by atoms with Gasteiger partial charge in [-0.15, -0.1) is 0 Å². The highest BCUT2D eigenvalue weighted by Gasteiger charge is 2.55.